The minimum atomic E-state index is -0.0397. The van der Waals surface area contributed by atoms with Crippen molar-refractivity contribution in [3.63, 3.8) is 0 Å². The summed E-state index contributed by atoms with van der Waals surface area (Å²) in [5.74, 6) is 0.994. The lowest BCUT2D eigenvalue weighted by Crippen LogP contribution is -2.37. The van der Waals surface area contributed by atoms with Gasteiger partial charge in [-0.25, -0.2) is 0 Å². The van der Waals surface area contributed by atoms with E-state index in [2.05, 4.69) is 9.97 Å². The number of methoxy groups -OCH3 is 2. The van der Waals surface area contributed by atoms with Crippen LogP contribution in [0.5, 0.6) is 11.8 Å². The van der Waals surface area contributed by atoms with Crippen LogP contribution in [-0.2, 0) is 4.79 Å². The normalized spacial score (nSPS) is 10.5. The summed E-state index contributed by atoms with van der Waals surface area (Å²) in [7, 11) is 6.91. The van der Waals surface area contributed by atoms with E-state index in [-0.39, 0.29) is 5.91 Å². The minimum absolute atomic E-state index is 0.0397. The predicted molar refractivity (Wildman–Crippen MR) is 76.3 cm³/mol. The van der Waals surface area contributed by atoms with Crippen molar-refractivity contribution in [2.45, 2.75) is 13.3 Å². The first-order chi connectivity index (χ1) is 9.51. The largest absolute Gasteiger partial charge is 0.481 e. The molecular formula is C13H22N4O3. The van der Waals surface area contributed by atoms with Gasteiger partial charge in [0.05, 0.1) is 20.3 Å². The van der Waals surface area contributed by atoms with Crippen molar-refractivity contribution in [3.05, 3.63) is 6.07 Å². The lowest BCUT2D eigenvalue weighted by Gasteiger charge is -2.22. The summed E-state index contributed by atoms with van der Waals surface area (Å²) in [4.78, 5) is 24.1. The highest BCUT2D eigenvalue weighted by Crippen LogP contribution is 2.20. The van der Waals surface area contributed by atoms with Crippen LogP contribution in [0.15, 0.2) is 6.07 Å². The van der Waals surface area contributed by atoms with Gasteiger partial charge in [-0.05, 0) is 14.1 Å². The molecule has 0 atom stereocenters. The van der Waals surface area contributed by atoms with Crippen molar-refractivity contribution in [1.29, 1.82) is 0 Å². The fourth-order valence-electron chi connectivity index (χ4n) is 1.55. The maximum atomic E-state index is 12.1. The van der Waals surface area contributed by atoms with Crippen molar-refractivity contribution < 1.29 is 14.3 Å². The number of carbonyl (C=O) groups is 1. The van der Waals surface area contributed by atoms with E-state index in [4.69, 9.17) is 9.47 Å². The molecule has 1 amide bonds. The average Bonchev–Trinajstić information content (AvgIpc) is 2.46. The number of carbonyl (C=O) groups excluding carboxylic acids is 1. The van der Waals surface area contributed by atoms with Gasteiger partial charge in [0.15, 0.2) is 0 Å². The van der Waals surface area contributed by atoms with Gasteiger partial charge < -0.3 is 14.4 Å². The number of likely N-dealkylation sites (N-methyl/N-ethyl adjacent to an activating group) is 1. The Hall–Kier alpha value is -1.89. The van der Waals surface area contributed by atoms with Gasteiger partial charge in [-0.1, -0.05) is 6.92 Å². The number of hydrogen-bond donors (Lipinski definition) is 0. The standard InChI is InChI=1S/C13H22N4O3/c1-6-12(18)17(8-7-16(2)3)13-14-10(19-4)9-11(15-13)20-5/h9H,6-8H2,1-5H3. The average molecular weight is 282 g/mol. The van der Waals surface area contributed by atoms with E-state index in [1.807, 2.05) is 25.9 Å². The first kappa shape index (κ1) is 16.2. The van der Waals surface area contributed by atoms with Crippen LogP contribution in [0.1, 0.15) is 13.3 Å². The van der Waals surface area contributed by atoms with Crippen molar-refractivity contribution in [3.8, 4) is 11.8 Å². The zero-order valence-corrected chi connectivity index (χ0v) is 12.7. The van der Waals surface area contributed by atoms with E-state index in [9.17, 15) is 4.79 Å². The maximum Gasteiger partial charge on any atom is 0.238 e. The Morgan fingerprint density at radius 3 is 2.10 bits per heavy atom. The van der Waals surface area contributed by atoms with Gasteiger partial charge in [0, 0.05) is 19.5 Å². The van der Waals surface area contributed by atoms with E-state index in [1.54, 1.807) is 11.0 Å². The van der Waals surface area contributed by atoms with Gasteiger partial charge in [0.1, 0.15) is 0 Å². The third kappa shape index (κ3) is 4.34. The molecule has 0 aliphatic heterocycles. The molecule has 0 aliphatic rings. The molecular weight excluding hydrogens is 260 g/mol. The fourth-order valence-corrected chi connectivity index (χ4v) is 1.55. The topological polar surface area (TPSA) is 67.8 Å². The number of hydrogen-bond acceptors (Lipinski definition) is 6. The van der Waals surface area contributed by atoms with Crippen LogP contribution in [0.25, 0.3) is 0 Å². The predicted octanol–water partition coefficient (Wildman–Crippen LogP) is 0.798. The van der Waals surface area contributed by atoms with Gasteiger partial charge in [0.2, 0.25) is 23.6 Å². The Morgan fingerprint density at radius 2 is 1.70 bits per heavy atom. The number of ether oxygens (including phenoxy) is 2. The van der Waals surface area contributed by atoms with Crippen molar-refractivity contribution in [2.75, 3.05) is 46.3 Å². The minimum Gasteiger partial charge on any atom is -0.481 e. The third-order valence-electron chi connectivity index (χ3n) is 2.70. The molecule has 0 fully saturated rings. The Bertz CT molecular complexity index is 429. The smallest absolute Gasteiger partial charge is 0.238 e. The molecule has 0 saturated carbocycles. The molecule has 1 rings (SSSR count). The van der Waals surface area contributed by atoms with Crippen LogP contribution in [0.3, 0.4) is 0 Å². The summed E-state index contributed by atoms with van der Waals surface area (Å²) in [5, 5.41) is 0. The Balaban J connectivity index is 3.08. The molecule has 1 aromatic heterocycles. The summed E-state index contributed by atoms with van der Waals surface area (Å²) in [6, 6.07) is 1.57. The molecule has 112 valence electrons. The number of anilines is 1. The van der Waals surface area contributed by atoms with E-state index < -0.39 is 0 Å². The molecule has 20 heavy (non-hydrogen) atoms. The summed E-state index contributed by atoms with van der Waals surface area (Å²) in [6.07, 6.45) is 0.385. The maximum absolute atomic E-state index is 12.1. The lowest BCUT2D eigenvalue weighted by atomic mass is 10.4. The van der Waals surface area contributed by atoms with Crippen LogP contribution in [0.4, 0.5) is 5.95 Å². The molecule has 0 aliphatic carbocycles. The zero-order chi connectivity index (χ0) is 15.1. The number of rotatable bonds is 7. The molecule has 0 bridgehead atoms. The van der Waals surface area contributed by atoms with Crippen LogP contribution in [-0.4, -0.2) is 62.2 Å². The second-order valence-electron chi connectivity index (χ2n) is 4.45. The van der Waals surface area contributed by atoms with E-state index >= 15 is 0 Å². The molecule has 0 aromatic carbocycles. The Morgan fingerprint density at radius 1 is 1.15 bits per heavy atom. The molecule has 7 heteroatoms. The molecule has 1 aromatic rings. The molecule has 0 saturated heterocycles. The van der Waals surface area contributed by atoms with E-state index in [0.717, 1.165) is 0 Å². The molecule has 0 N–H and O–H groups in total. The molecule has 0 radical (unpaired) electrons. The third-order valence-corrected chi connectivity index (χ3v) is 2.70. The fraction of sp³-hybridized carbons (Fsp3) is 0.615. The molecule has 1 heterocycles. The number of amides is 1. The van der Waals surface area contributed by atoms with Crippen molar-refractivity contribution in [2.24, 2.45) is 0 Å². The van der Waals surface area contributed by atoms with Crippen LogP contribution < -0.4 is 14.4 Å². The number of nitrogens with zero attached hydrogens (tertiary/aromatic N) is 4. The molecule has 0 spiro atoms. The summed E-state index contributed by atoms with van der Waals surface area (Å²) in [5.41, 5.74) is 0. The summed E-state index contributed by atoms with van der Waals surface area (Å²) >= 11 is 0. The Kier molecular flexibility index (Phi) is 6.17. The lowest BCUT2D eigenvalue weighted by molar-refractivity contribution is -0.118. The van der Waals surface area contributed by atoms with Crippen molar-refractivity contribution >= 4 is 11.9 Å². The SMILES string of the molecule is CCC(=O)N(CCN(C)C)c1nc(OC)cc(OC)n1. The van der Waals surface area contributed by atoms with Gasteiger partial charge in [0.25, 0.3) is 0 Å². The van der Waals surface area contributed by atoms with Crippen molar-refractivity contribution in [1.82, 2.24) is 14.9 Å². The zero-order valence-electron chi connectivity index (χ0n) is 12.7. The summed E-state index contributed by atoms with van der Waals surface area (Å²) < 4.78 is 10.2. The first-order valence-electron chi connectivity index (χ1n) is 6.44. The van der Waals surface area contributed by atoms with Gasteiger partial charge in [-0.3, -0.25) is 9.69 Å². The van der Waals surface area contributed by atoms with Gasteiger partial charge in [-0.2, -0.15) is 9.97 Å². The second kappa shape index (κ2) is 7.64. The highest BCUT2D eigenvalue weighted by Gasteiger charge is 2.19. The quantitative estimate of drug-likeness (QED) is 0.737. The molecule has 7 nitrogen and oxygen atoms in total. The van der Waals surface area contributed by atoms with E-state index in [0.29, 0.717) is 37.2 Å². The monoisotopic (exact) mass is 282 g/mol. The van der Waals surface area contributed by atoms with Crippen LogP contribution in [0, 0.1) is 0 Å². The van der Waals surface area contributed by atoms with E-state index in [1.165, 1.54) is 14.2 Å². The Labute approximate surface area is 119 Å². The van der Waals surface area contributed by atoms with Gasteiger partial charge >= 0.3 is 0 Å². The highest BCUT2D eigenvalue weighted by molar-refractivity contribution is 5.91. The van der Waals surface area contributed by atoms with Gasteiger partial charge in [-0.15, -0.1) is 0 Å². The van der Waals surface area contributed by atoms with Crippen LogP contribution >= 0.6 is 0 Å². The second-order valence-corrected chi connectivity index (χ2v) is 4.45. The summed E-state index contributed by atoms with van der Waals surface area (Å²) in [6.45, 7) is 3.03. The molecule has 0 unspecified atom stereocenters. The van der Waals surface area contributed by atoms with Crippen LogP contribution in [0.2, 0.25) is 0 Å². The highest BCUT2D eigenvalue weighted by atomic mass is 16.5. The first-order valence-corrected chi connectivity index (χ1v) is 6.44. The number of aromatic nitrogens is 2.